The molecule has 1 fully saturated rings. The van der Waals surface area contributed by atoms with Crippen LogP contribution in [0.2, 0.25) is 0 Å². The molecule has 3 heteroatoms. The van der Waals surface area contributed by atoms with Crippen LogP contribution >= 0.6 is 0 Å². The molecule has 3 nitrogen and oxygen atoms in total. The number of aromatic nitrogens is 2. The second kappa shape index (κ2) is 2.34. The van der Waals surface area contributed by atoms with Crippen LogP contribution in [0.1, 0.15) is 17.4 Å². The van der Waals surface area contributed by atoms with Crippen LogP contribution in [0, 0.1) is 13.8 Å². The lowest BCUT2D eigenvalue weighted by molar-refractivity contribution is -0.0296. The van der Waals surface area contributed by atoms with Crippen LogP contribution in [0.15, 0.2) is 6.07 Å². The van der Waals surface area contributed by atoms with Crippen LogP contribution in [-0.4, -0.2) is 23.0 Å². The van der Waals surface area contributed by atoms with Gasteiger partial charge in [-0.1, -0.05) is 0 Å². The van der Waals surface area contributed by atoms with E-state index in [-0.39, 0.29) is 0 Å². The Morgan fingerprint density at radius 3 is 2.64 bits per heavy atom. The molecule has 0 N–H and O–H groups in total. The van der Waals surface area contributed by atoms with E-state index in [1.165, 1.54) is 5.69 Å². The van der Waals surface area contributed by atoms with Gasteiger partial charge < -0.3 is 4.74 Å². The lowest BCUT2D eigenvalue weighted by atomic mass is 10.2. The van der Waals surface area contributed by atoms with Gasteiger partial charge in [-0.25, -0.2) is 0 Å². The third kappa shape index (κ3) is 1.05. The Balaban J connectivity index is 2.28. The van der Waals surface area contributed by atoms with Gasteiger partial charge in [0.1, 0.15) is 0 Å². The minimum absolute atomic E-state index is 0.490. The van der Waals surface area contributed by atoms with Crippen LogP contribution in [0.3, 0.4) is 0 Å². The fourth-order valence-electron chi connectivity index (χ4n) is 1.38. The van der Waals surface area contributed by atoms with E-state index in [9.17, 15) is 0 Å². The highest BCUT2D eigenvalue weighted by molar-refractivity contribution is 5.08. The topological polar surface area (TPSA) is 27.1 Å². The molecule has 1 aliphatic heterocycles. The summed E-state index contributed by atoms with van der Waals surface area (Å²) in [6, 6.07) is 2.59. The van der Waals surface area contributed by atoms with Crippen molar-refractivity contribution in [2.24, 2.45) is 0 Å². The molecule has 1 aliphatic rings. The zero-order valence-electron chi connectivity index (χ0n) is 6.87. The monoisotopic (exact) mass is 152 g/mol. The summed E-state index contributed by atoms with van der Waals surface area (Å²) >= 11 is 0. The fourth-order valence-corrected chi connectivity index (χ4v) is 1.38. The van der Waals surface area contributed by atoms with Crippen molar-refractivity contribution in [3.8, 4) is 0 Å². The second-order valence-electron chi connectivity index (χ2n) is 3.06. The first-order chi connectivity index (χ1) is 5.27. The van der Waals surface area contributed by atoms with Crippen molar-refractivity contribution in [3.05, 3.63) is 17.5 Å². The SMILES string of the molecule is Cc1cc(C)n(C2COC2)n1. The lowest BCUT2D eigenvalue weighted by Crippen LogP contribution is -2.32. The first-order valence-corrected chi connectivity index (χ1v) is 3.88. The quantitative estimate of drug-likeness (QED) is 0.602. The molecule has 0 unspecified atom stereocenters. The Hall–Kier alpha value is -0.830. The van der Waals surface area contributed by atoms with E-state index in [1.807, 2.05) is 6.92 Å². The molecule has 2 heterocycles. The summed E-state index contributed by atoms with van der Waals surface area (Å²) in [6.07, 6.45) is 0. The molecule has 0 spiro atoms. The van der Waals surface area contributed by atoms with Gasteiger partial charge in [-0.05, 0) is 19.9 Å². The van der Waals surface area contributed by atoms with E-state index in [2.05, 4.69) is 22.8 Å². The van der Waals surface area contributed by atoms with E-state index in [0.29, 0.717) is 6.04 Å². The predicted molar refractivity (Wildman–Crippen MR) is 41.6 cm³/mol. The number of rotatable bonds is 1. The van der Waals surface area contributed by atoms with Crippen LogP contribution in [-0.2, 0) is 4.74 Å². The van der Waals surface area contributed by atoms with E-state index in [4.69, 9.17) is 4.74 Å². The van der Waals surface area contributed by atoms with Crippen LogP contribution in [0.5, 0.6) is 0 Å². The van der Waals surface area contributed by atoms with Gasteiger partial charge in [-0.15, -0.1) is 0 Å². The molecule has 0 bridgehead atoms. The van der Waals surface area contributed by atoms with Crippen molar-refractivity contribution < 1.29 is 4.74 Å². The molecular formula is C8H12N2O. The maximum atomic E-state index is 5.09. The summed E-state index contributed by atoms with van der Waals surface area (Å²) in [5, 5.41) is 4.37. The highest BCUT2D eigenvalue weighted by Gasteiger charge is 2.22. The summed E-state index contributed by atoms with van der Waals surface area (Å²) < 4.78 is 7.15. The Morgan fingerprint density at radius 2 is 2.27 bits per heavy atom. The smallest absolute Gasteiger partial charge is 0.0988 e. The van der Waals surface area contributed by atoms with Gasteiger partial charge in [0.25, 0.3) is 0 Å². The molecule has 2 rings (SSSR count). The van der Waals surface area contributed by atoms with Crippen molar-refractivity contribution in [1.82, 2.24) is 9.78 Å². The van der Waals surface area contributed by atoms with Gasteiger partial charge in [-0.3, -0.25) is 4.68 Å². The Morgan fingerprint density at radius 1 is 1.55 bits per heavy atom. The first-order valence-electron chi connectivity index (χ1n) is 3.88. The van der Waals surface area contributed by atoms with Crippen molar-refractivity contribution >= 4 is 0 Å². The van der Waals surface area contributed by atoms with Gasteiger partial charge in [0.2, 0.25) is 0 Å². The summed E-state index contributed by atoms with van der Waals surface area (Å²) in [4.78, 5) is 0. The largest absolute Gasteiger partial charge is 0.377 e. The Labute approximate surface area is 66.0 Å². The van der Waals surface area contributed by atoms with Crippen LogP contribution < -0.4 is 0 Å². The van der Waals surface area contributed by atoms with E-state index in [0.717, 1.165) is 18.9 Å². The molecule has 0 atom stereocenters. The van der Waals surface area contributed by atoms with Crippen molar-refractivity contribution in [1.29, 1.82) is 0 Å². The standard InChI is InChI=1S/C8H12N2O/c1-6-3-7(2)10(9-6)8-4-11-5-8/h3,8H,4-5H2,1-2H3. The van der Waals surface area contributed by atoms with E-state index >= 15 is 0 Å². The van der Waals surface area contributed by atoms with Crippen molar-refractivity contribution in [2.75, 3.05) is 13.2 Å². The maximum absolute atomic E-state index is 5.09. The Bertz CT molecular complexity index is 263. The minimum atomic E-state index is 0.490. The number of hydrogen-bond acceptors (Lipinski definition) is 2. The molecule has 0 saturated carbocycles. The highest BCUT2D eigenvalue weighted by atomic mass is 16.5. The molecule has 0 aromatic carbocycles. The molecule has 0 radical (unpaired) electrons. The first kappa shape index (κ1) is 6.85. The molecule has 0 amide bonds. The summed E-state index contributed by atoms with van der Waals surface area (Å²) in [6.45, 7) is 5.74. The average molecular weight is 152 g/mol. The molecule has 1 saturated heterocycles. The van der Waals surface area contributed by atoms with Gasteiger partial charge in [-0.2, -0.15) is 5.10 Å². The summed E-state index contributed by atoms with van der Waals surface area (Å²) in [5.41, 5.74) is 2.32. The maximum Gasteiger partial charge on any atom is 0.0988 e. The molecule has 60 valence electrons. The van der Waals surface area contributed by atoms with Crippen LogP contribution in [0.25, 0.3) is 0 Å². The third-order valence-electron chi connectivity index (χ3n) is 2.01. The molecule has 0 aliphatic carbocycles. The number of nitrogens with zero attached hydrogens (tertiary/aromatic N) is 2. The van der Waals surface area contributed by atoms with E-state index in [1.54, 1.807) is 0 Å². The normalized spacial score (nSPS) is 18.4. The number of ether oxygens (including phenoxy) is 1. The lowest BCUT2D eigenvalue weighted by Gasteiger charge is -2.27. The summed E-state index contributed by atoms with van der Waals surface area (Å²) in [7, 11) is 0. The highest BCUT2D eigenvalue weighted by Crippen LogP contribution is 2.18. The minimum Gasteiger partial charge on any atom is -0.377 e. The van der Waals surface area contributed by atoms with Crippen molar-refractivity contribution in [2.45, 2.75) is 19.9 Å². The summed E-state index contributed by atoms with van der Waals surface area (Å²) in [5.74, 6) is 0. The number of hydrogen-bond donors (Lipinski definition) is 0. The van der Waals surface area contributed by atoms with Crippen molar-refractivity contribution in [3.63, 3.8) is 0 Å². The second-order valence-corrected chi connectivity index (χ2v) is 3.06. The predicted octanol–water partition coefficient (Wildman–Crippen LogP) is 1.07. The average Bonchev–Trinajstić information content (AvgIpc) is 2.07. The number of aryl methyl sites for hydroxylation is 2. The fraction of sp³-hybridized carbons (Fsp3) is 0.625. The van der Waals surface area contributed by atoms with Gasteiger partial charge in [0.05, 0.1) is 24.9 Å². The van der Waals surface area contributed by atoms with Gasteiger partial charge in [0, 0.05) is 5.69 Å². The third-order valence-corrected chi connectivity index (χ3v) is 2.01. The zero-order valence-corrected chi connectivity index (χ0v) is 6.87. The van der Waals surface area contributed by atoms with Crippen LogP contribution in [0.4, 0.5) is 0 Å². The zero-order chi connectivity index (χ0) is 7.84. The molecule has 1 aromatic rings. The molecular weight excluding hydrogens is 140 g/mol. The molecule has 11 heavy (non-hydrogen) atoms. The molecule has 1 aromatic heterocycles. The van der Waals surface area contributed by atoms with Gasteiger partial charge in [0.15, 0.2) is 0 Å². The van der Waals surface area contributed by atoms with Gasteiger partial charge >= 0.3 is 0 Å². The van der Waals surface area contributed by atoms with E-state index < -0.39 is 0 Å². The Kier molecular flexibility index (Phi) is 1.46.